The van der Waals surface area contributed by atoms with Gasteiger partial charge in [0.2, 0.25) is 0 Å². The summed E-state index contributed by atoms with van der Waals surface area (Å²) in [5.41, 5.74) is 3.66. The summed E-state index contributed by atoms with van der Waals surface area (Å²) in [7, 11) is 0. The minimum atomic E-state index is 0.0503. The predicted octanol–water partition coefficient (Wildman–Crippen LogP) is 3.46. The zero-order valence-electron chi connectivity index (χ0n) is 13.9. The molecule has 122 valence electrons. The average molecular weight is 330 g/mol. The number of nitrogens with one attached hydrogen (secondary N) is 2. The third kappa shape index (κ3) is 4.39. The lowest BCUT2D eigenvalue weighted by Crippen LogP contribution is -2.31. The molecule has 5 nitrogen and oxygen atoms in total. The maximum Gasteiger partial charge on any atom is 0.171 e. The van der Waals surface area contributed by atoms with Crippen molar-refractivity contribution < 1.29 is 4.79 Å². The lowest BCUT2D eigenvalue weighted by atomic mass is 10.1. The lowest BCUT2D eigenvalue weighted by molar-refractivity contribution is 0.101. The summed E-state index contributed by atoms with van der Waals surface area (Å²) in [6.07, 6.45) is 2.04. The number of aromatic nitrogens is 2. The third-order valence-corrected chi connectivity index (χ3v) is 3.89. The topological polar surface area (TPSA) is 59.0 Å². The van der Waals surface area contributed by atoms with E-state index in [2.05, 4.69) is 29.6 Å². The Bertz CT molecular complexity index is 706. The van der Waals surface area contributed by atoms with Crippen LogP contribution in [-0.4, -0.2) is 20.7 Å². The van der Waals surface area contributed by atoms with Crippen LogP contribution >= 0.6 is 12.2 Å². The number of aryl methyl sites for hydroxylation is 2. The van der Waals surface area contributed by atoms with Gasteiger partial charge in [-0.1, -0.05) is 0 Å². The van der Waals surface area contributed by atoms with Gasteiger partial charge in [0.15, 0.2) is 10.9 Å². The van der Waals surface area contributed by atoms with Crippen molar-refractivity contribution in [1.82, 2.24) is 15.1 Å². The molecule has 1 aromatic carbocycles. The Morgan fingerprint density at radius 3 is 2.52 bits per heavy atom. The molecule has 6 heteroatoms. The predicted molar refractivity (Wildman–Crippen MR) is 96.9 cm³/mol. The van der Waals surface area contributed by atoms with Gasteiger partial charge in [-0.05, 0) is 64.2 Å². The smallest absolute Gasteiger partial charge is 0.171 e. The first-order valence-electron chi connectivity index (χ1n) is 7.63. The highest BCUT2D eigenvalue weighted by molar-refractivity contribution is 7.80. The molecule has 1 heterocycles. The number of benzene rings is 1. The first-order chi connectivity index (χ1) is 10.9. The first kappa shape index (κ1) is 17.1. The highest BCUT2D eigenvalue weighted by Gasteiger charge is 2.13. The van der Waals surface area contributed by atoms with Gasteiger partial charge in [-0.3, -0.25) is 9.48 Å². The molecule has 0 spiro atoms. The van der Waals surface area contributed by atoms with E-state index >= 15 is 0 Å². The summed E-state index contributed by atoms with van der Waals surface area (Å²) in [4.78, 5) is 11.3. The Morgan fingerprint density at radius 2 is 2.00 bits per heavy atom. The monoisotopic (exact) mass is 330 g/mol. The summed E-state index contributed by atoms with van der Waals surface area (Å²) in [6, 6.07) is 7.32. The molecule has 0 saturated carbocycles. The maximum absolute atomic E-state index is 11.3. The molecule has 0 fully saturated rings. The first-order valence-corrected chi connectivity index (χ1v) is 8.04. The molecule has 2 N–H and O–H groups in total. The van der Waals surface area contributed by atoms with Gasteiger partial charge in [0.25, 0.3) is 0 Å². The van der Waals surface area contributed by atoms with E-state index < -0.39 is 0 Å². The fourth-order valence-electron chi connectivity index (χ4n) is 2.35. The number of anilines is 1. The number of nitrogens with zero attached hydrogens (tertiary/aromatic N) is 2. The zero-order chi connectivity index (χ0) is 17.0. The van der Waals surface area contributed by atoms with Gasteiger partial charge >= 0.3 is 0 Å². The molecule has 0 radical (unpaired) electrons. The average Bonchev–Trinajstić information content (AvgIpc) is 2.89. The second kappa shape index (κ2) is 7.37. The number of ketones is 1. The molecule has 2 rings (SSSR count). The summed E-state index contributed by atoms with van der Waals surface area (Å²) < 4.78 is 1.92. The van der Waals surface area contributed by atoms with Gasteiger partial charge in [-0.25, -0.2) is 0 Å². The highest BCUT2D eigenvalue weighted by atomic mass is 32.1. The number of carbonyl (C=O) groups excluding carboxylic acids is 1. The molecule has 0 aliphatic carbocycles. The van der Waals surface area contributed by atoms with Crippen LogP contribution in [0.25, 0.3) is 0 Å². The van der Waals surface area contributed by atoms with Gasteiger partial charge in [-0.15, -0.1) is 0 Å². The number of rotatable bonds is 5. The van der Waals surface area contributed by atoms with Crippen LogP contribution in [0.3, 0.4) is 0 Å². The van der Waals surface area contributed by atoms with Gasteiger partial charge < -0.3 is 10.6 Å². The van der Waals surface area contributed by atoms with Crippen molar-refractivity contribution in [2.75, 3.05) is 5.32 Å². The van der Waals surface area contributed by atoms with Crippen molar-refractivity contribution >= 4 is 28.8 Å². The molecule has 1 atom stereocenters. The second-order valence-electron chi connectivity index (χ2n) is 5.48. The van der Waals surface area contributed by atoms with E-state index in [9.17, 15) is 4.79 Å². The molecular formula is C17H22N4OS. The molecule has 2 aromatic rings. The number of thiocarbonyl (C=S) groups is 1. The Balaban J connectivity index is 1.98. The maximum atomic E-state index is 11.3. The molecule has 0 saturated heterocycles. The van der Waals surface area contributed by atoms with Crippen molar-refractivity contribution in [3.05, 3.63) is 47.3 Å². The van der Waals surface area contributed by atoms with Crippen LogP contribution in [0.2, 0.25) is 0 Å². The van der Waals surface area contributed by atoms with Gasteiger partial charge in [-0.2, -0.15) is 5.10 Å². The van der Waals surface area contributed by atoms with Gasteiger partial charge in [0.1, 0.15) is 0 Å². The molecule has 1 aromatic heterocycles. The van der Waals surface area contributed by atoms with Crippen molar-refractivity contribution in [2.45, 2.75) is 40.3 Å². The second-order valence-corrected chi connectivity index (χ2v) is 5.89. The van der Waals surface area contributed by atoms with Crippen LogP contribution in [-0.2, 0) is 6.54 Å². The van der Waals surface area contributed by atoms with E-state index in [1.54, 1.807) is 19.1 Å². The molecule has 23 heavy (non-hydrogen) atoms. The van der Waals surface area contributed by atoms with E-state index in [1.807, 2.05) is 29.9 Å². The molecular weight excluding hydrogens is 308 g/mol. The zero-order valence-corrected chi connectivity index (χ0v) is 14.7. The van der Waals surface area contributed by atoms with Gasteiger partial charge in [0, 0.05) is 29.6 Å². The van der Waals surface area contributed by atoms with Crippen molar-refractivity contribution in [3.63, 3.8) is 0 Å². The Kier molecular flexibility index (Phi) is 5.50. The summed E-state index contributed by atoms with van der Waals surface area (Å²) in [5, 5.41) is 11.4. The van der Waals surface area contributed by atoms with E-state index in [1.165, 1.54) is 0 Å². The van der Waals surface area contributed by atoms with Crippen molar-refractivity contribution in [1.29, 1.82) is 0 Å². The fraction of sp³-hybridized carbons (Fsp3) is 0.353. The SMILES string of the molecule is CCn1cc(C(C)NC(=S)Nc2ccc(C(C)=O)cc2)c(C)n1. The number of Topliss-reactive ketones (excluding diaryl/α,β-unsaturated/α-hetero) is 1. The van der Waals surface area contributed by atoms with Crippen LogP contribution in [0.5, 0.6) is 0 Å². The number of carbonyl (C=O) groups is 1. The standard InChI is InChI=1S/C17H22N4OS/c1-5-21-10-16(12(3)20-21)11(2)18-17(23)19-15-8-6-14(7-9-15)13(4)22/h6-11H,5H2,1-4H3,(H2,18,19,23). The number of hydrogen-bond donors (Lipinski definition) is 2. The highest BCUT2D eigenvalue weighted by Crippen LogP contribution is 2.16. The van der Waals surface area contributed by atoms with Crippen molar-refractivity contribution in [2.24, 2.45) is 0 Å². The van der Waals surface area contributed by atoms with Gasteiger partial charge in [0.05, 0.1) is 11.7 Å². The number of hydrogen-bond acceptors (Lipinski definition) is 3. The van der Waals surface area contributed by atoms with Crippen LogP contribution in [0.1, 0.15) is 48.4 Å². The van der Waals surface area contributed by atoms with E-state index in [0.717, 1.165) is 23.5 Å². The fourth-order valence-corrected chi connectivity index (χ4v) is 2.64. The Morgan fingerprint density at radius 1 is 1.35 bits per heavy atom. The molecule has 0 aliphatic rings. The Labute approximate surface area is 142 Å². The van der Waals surface area contributed by atoms with E-state index in [4.69, 9.17) is 12.2 Å². The van der Waals surface area contributed by atoms with E-state index in [-0.39, 0.29) is 11.8 Å². The van der Waals surface area contributed by atoms with Crippen LogP contribution in [0, 0.1) is 6.92 Å². The summed E-state index contributed by atoms with van der Waals surface area (Å²) in [6.45, 7) is 8.51. The van der Waals surface area contributed by atoms with Crippen molar-refractivity contribution in [3.8, 4) is 0 Å². The summed E-state index contributed by atoms with van der Waals surface area (Å²) in [5.74, 6) is 0.0503. The molecule has 1 unspecified atom stereocenters. The quantitative estimate of drug-likeness (QED) is 0.649. The van der Waals surface area contributed by atoms with Crippen LogP contribution in [0.4, 0.5) is 5.69 Å². The Hall–Kier alpha value is -2.21. The van der Waals surface area contributed by atoms with Crippen LogP contribution < -0.4 is 10.6 Å². The van der Waals surface area contributed by atoms with E-state index in [0.29, 0.717) is 10.7 Å². The summed E-state index contributed by atoms with van der Waals surface area (Å²) >= 11 is 5.36. The van der Waals surface area contributed by atoms with Crippen LogP contribution in [0.15, 0.2) is 30.5 Å². The largest absolute Gasteiger partial charge is 0.356 e. The molecule has 0 aliphatic heterocycles. The normalized spacial score (nSPS) is 11.8. The molecule has 0 bridgehead atoms. The minimum absolute atomic E-state index is 0.0503. The third-order valence-electron chi connectivity index (χ3n) is 3.67. The lowest BCUT2D eigenvalue weighted by Gasteiger charge is -2.16. The molecule has 0 amide bonds. The minimum Gasteiger partial charge on any atom is -0.356 e.